The van der Waals surface area contributed by atoms with E-state index in [2.05, 4.69) is 10.6 Å². The second kappa shape index (κ2) is 9.39. The summed E-state index contributed by atoms with van der Waals surface area (Å²) in [5.74, 6) is 0.724. The van der Waals surface area contributed by atoms with Gasteiger partial charge in [-0.05, 0) is 43.2 Å². The van der Waals surface area contributed by atoms with E-state index < -0.39 is 0 Å². The summed E-state index contributed by atoms with van der Waals surface area (Å²) < 4.78 is 10.6. The lowest BCUT2D eigenvalue weighted by Crippen LogP contribution is -2.34. The summed E-state index contributed by atoms with van der Waals surface area (Å²) in [7, 11) is 0. The van der Waals surface area contributed by atoms with Crippen LogP contribution < -0.4 is 15.4 Å². The molecule has 2 amide bonds. The van der Waals surface area contributed by atoms with Crippen molar-refractivity contribution in [3.8, 4) is 5.75 Å². The first-order valence-corrected chi connectivity index (χ1v) is 7.93. The minimum absolute atomic E-state index is 0.0601. The Kier molecular flexibility index (Phi) is 6.89. The number of furan rings is 1. The van der Waals surface area contributed by atoms with Crippen LogP contribution in [-0.2, 0) is 4.79 Å². The average Bonchev–Trinajstić information content (AvgIpc) is 3.10. The summed E-state index contributed by atoms with van der Waals surface area (Å²) >= 11 is 0. The molecule has 128 valence electrons. The van der Waals surface area contributed by atoms with Gasteiger partial charge >= 0.3 is 0 Å². The molecule has 0 saturated carbocycles. The molecule has 24 heavy (non-hydrogen) atoms. The first kappa shape index (κ1) is 17.6. The highest BCUT2D eigenvalue weighted by molar-refractivity contribution is 5.91. The van der Waals surface area contributed by atoms with E-state index in [9.17, 15) is 9.59 Å². The Morgan fingerprint density at radius 1 is 1.12 bits per heavy atom. The lowest BCUT2D eigenvalue weighted by atomic mass is 10.2. The number of hydrogen-bond donors (Lipinski definition) is 2. The van der Waals surface area contributed by atoms with E-state index in [1.54, 1.807) is 12.1 Å². The van der Waals surface area contributed by atoms with Gasteiger partial charge in [-0.25, -0.2) is 0 Å². The number of aryl methyl sites for hydroxylation is 1. The van der Waals surface area contributed by atoms with Crippen molar-refractivity contribution in [1.82, 2.24) is 10.6 Å². The fourth-order valence-corrected chi connectivity index (χ4v) is 2.09. The minimum atomic E-state index is -0.291. The quantitative estimate of drug-likeness (QED) is 0.691. The Morgan fingerprint density at radius 3 is 2.71 bits per heavy atom. The molecule has 0 aliphatic rings. The standard InChI is InChI=1S/C18H22N2O4/c1-14-5-2-6-15(13-14)23-11-4-8-17(21)19-9-10-20-18(22)16-7-3-12-24-16/h2-3,5-7,12-13H,4,8-11H2,1H3,(H,19,21)(H,20,22). The van der Waals surface area contributed by atoms with Crippen molar-refractivity contribution >= 4 is 11.8 Å². The molecule has 1 aromatic heterocycles. The molecule has 0 aliphatic heterocycles. The maximum atomic E-state index is 11.7. The van der Waals surface area contributed by atoms with Crippen LogP contribution in [0.5, 0.6) is 5.75 Å². The van der Waals surface area contributed by atoms with Crippen molar-refractivity contribution in [2.75, 3.05) is 19.7 Å². The maximum absolute atomic E-state index is 11.7. The zero-order valence-electron chi connectivity index (χ0n) is 13.7. The molecule has 0 atom stereocenters. The van der Waals surface area contributed by atoms with Crippen LogP contribution in [0, 0.1) is 6.92 Å². The third kappa shape index (κ3) is 6.16. The second-order valence-corrected chi connectivity index (χ2v) is 5.35. The van der Waals surface area contributed by atoms with Gasteiger partial charge in [-0.1, -0.05) is 12.1 Å². The fourth-order valence-electron chi connectivity index (χ4n) is 2.09. The number of carbonyl (C=O) groups is 2. The van der Waals surface area contributed by atoms with E-state index >= 15 is 0 Å². The second-order valence-electron chi connectivity index (χ2n) is 5.35. The van der Waals surface area contributed by atoms with Gasteiger partial charge in [0.1, 0.15) is 5.75 Å². The minimum Gasteiger partial charge on any atom is -0.494 e. The third-order valence-corrected chi connectivity index (χ3v) is 3.28. The molecule has 0 saturated heterocycles. The molecule has 2 rings (SSSR count). The molecule has 0 unspecified atom stereocenters. The molecular weight excluding hydrogens is 308 g/mol. The van der Waals surface area contributed by atoms with E-state index in [1.165, 1.54) is 6.26 Å². The van der Waals surface area contributed by atoms with Gasteiger partial charge in [0.2, 0.25) is 5.91 Å². The highest BCUT2D eigenvalue weighted by atomic mass is 16.5. The first-order valence-electron chi connectivity index (χ1n) is 7.93. The van der Waals surface area contributed by atoms with E-state index in [0.29, 0.717) is 32.5 Å². The fraction of sp³-hybridized carbons (Fsp3) is 0.333. The average molecular weight is 330 g/mol. The molecule has 6 nitrogen and oxygen atoms in total. The molecule has 0 aliphatic carbocycles. The summed E-state index contributed by atoms with van der Waals surface area (Å²) in [4.78, 5) is 23.3. The smallest absolute Gasteiger partial charge is 0.287 e. The Balaban J connectivity index is 1.51. The van der Waals surface area contributed by atoms with Crippen LogP contribution in [-0.4, -0.2) is 31.5 Å². The van der Waals surface area contributed by atoms with Crippen LogP contribution in [0.15, 0.2) is 47.1 Å². The molecule has 2 aromatic rings. The monoisotopic (exact) mass is 330 g/mol. The number of nitrogens with one attached hydrogen (secondary N) is 2. The lowest BCUT2D eigenvalue weighted by molar-refractivity contribution is -0.121. The van der Waals surface area contributed by atoms with E-state index in [0.717, 1.165) is 11.3 Å². The van der Waals surface area contributed by atoms with Crippen molar-refractivity contribution in [1.29, 1.82) is 0 Å². The van der Waals surface area contributed by atoms with Crippen LogP contribution >= 0.6 is 0 Å². The van der Waals surface area contributed by atoms with Gasteiger partial charge in [0.15, 0.2) is 5.76 Å². The molecule has 1 aromatic carbocycles. The van der Waals surface area contributed by atoms with Crippen LogP contribution in [0.1, 0.15) is 29.0 Å². The predicted molar refractivity (Wildman–Crippen MR) is 90.0 cm³/mol. The van der Waals surface area contributed by atoms with Gasteiger partial charge in [0.05, 0.1) is 12.9 Å². The molecule has 2 N–H and O–H groups in total. The number of carbonyl (C=O) groups excluding carboxylic acids is 2. The molecule has 0 radical (unpaired) electrons. The van der Waals surface area contributed by atoms with Gasteiger partial charge in [-0.2, -0.15) is 0 Å². The maximum Gasteiger partial charge on any atom is 0.287 e. The topological polar surface area (TPSA) is 80.6 Å². The highest BCUT2D eigenvalue weighted by Gasteiger charge is 2.07. The zero-order chi connectivity index (χ0) is 17.2. The van der Waals surface area contributed by atoms with Gasteiger partial charge in [-0.15, -0.1) is 0 Å². The van der Waals surface area contributed by atoms with E-state index in [-0.39, 0.29) is 17.6 Å². The van der Waals surface area contributed by atoms with E-state index in [1.807, 2.05) is 31.2 Å². The van der Waals surface area contributed by atoms with E-state index in [4.69, 9.17) is 9.15 Å². The molecule has 1 heterocycles. The van der Waals surface area contributed by atoms with Crippen LogP contribution in [0.4, 0.5) is 0 Å². The number of hydrogen-bond acceptors (Lipinski definition) is 4. The summed E-state index contributed by atoms with van der Waals surface area (Å²) in [5, 5.41) is 5.41. The van der Waals surface area contributed by atoms with Gasteiger partial charge in [0.25, 0.3) is 5.91 Å². The summed E-state index contributed by atoms with van der Waals surface area (Å²) in [5.41, 5.74) is 1.14. The van der Waals surface area contributed by atoms with Crippen LogP contribution in [0.3, 0.4) is 0 Å². The Bertz CT molecular complexity index is 653. The summed E-state index contributed by atoms with van der Waals surface area (Å²) in [6, 6.07) is 11.0. The molecular formula is C18H22N2O4. The third-order valence-electron chi connectivity index (χ3n) is 3.28. The number of rotatable bonds is 9. The van der Waals surface area contributed by atoms with Crippen molar-refractivity contribution in [2.45, 2.75) is 19.8 Å². The molecule has 6 heteroatoms. The highest BCUT2D eigenvalue weighted by Crippen LogP contribution is 2.12. The summed E-state index contributed by atoms with van der Waals surface area (Å²) in [6.45, 7) is 3.23. The Labute approximate surface area is 141 Å². The van der Waals surface area contributed by atoms with Crippen molar-refractivity contribution in [3.63, 3.8) is 0 Å². The lowest BCUT2D eigenvalue weighted by Gasteiger charge is -2.08. The molecule has 0 bridgehead atoms. The van der Waals surface area contributed by atoms with Crippen molar-refractivity contribution in [2.24, 2.45) is 0 Å². The number of ether oxygens (including phenoxy) is 1. The normalized spacial score (nSPS) is 10.2. The number of amides is 2. The largest absolute Gasteiger partial charge is 0.494 e. The Morgan fingerprint density at radius 2 is 1.96 bits per heavy atom. The van der Waals surface area contributed by atoms with Gasteiger partial charge in [0, 0.05) is 19.5 Å². The van der Waals surface area contributed by atoms with Crippen molar-refractivity contribution < 1.29 is 18.7 Å². The number of benzene rings is 1. The van der Waals surface area contributed by atoms with Gasteiger partial charge < -0.3 is 19.8 Å². The van der Waals surface area contributed by atoms with Crippen LogP contribution in [0.25, 0.3) is 0 Å². The van der Waals surface area contributed by atoms with Crippen LogP contribution in [0.2, 0.25) is 0 Å². The summed E-state index contributed by atoms with van der Waals surface area (Å²) in [6.07, 6.45) is 2.46. The Hall–Kier alpha value is -2.76. The molecule has 0 fully saturated rings. The SMILES string of the molecule is Cc1cccc(OCCCC(=O)NCCNC(=O)c2ccco2)c1. The zero-order valence-corrected chi connectivity index (χ0v) is 13.7. The van der Waals surface area contributed by atoms with Crippen molar-refractivity contribution in [3.05, 3.63) is 54.0 Å². The van der Waals surface area contributed by atoms with Gasteiger partial charge in [-0.3, -0.25) is 9.59 Å². The predicted octanol–water partition coefficient (Wildman–Crippen LogP) is 2.29. The first-order chi connectivity index (χ1) is 11.6. The molecule has 0 spiro atoms.